The fourth-order valence-electron chi connectivity index (χ4n) is 1.60. The molecule has 0 aromatic heterocycles. The summed E-state index contributed by atoms with van der Waals surface area (Å²) in [6.07, 6.45) is -3.78. The normalized spacial score (nSPS) is 20.7. The Labute approximate surface area is 84.8 Å². The number of ether oxygens (including phenoxy) is 1. The van der Waals surface area contributed by atoms with E-state index < -0.39 is 11.7 Å². The van der Waals surface area contributed by atoms with Crippen LogP contribution in [-0.4, -0.2) is 6.61 Å². The zero-order valence-corrected chi connectivity index (χ0v) is 7.84. The minimum Gasteiger partial charge on any atom is -0.493 e. The first-order chi connectivity index (χ1) is 6.98. The average molecular weight is 217 g/mol. The summed E-state index contributed by atoms with van der Waals surface area (Å²) in [6.45, 7) is 0.458. The third-order valence-electron chi connectivity index (χ3n) is 2.42. The summed E-state index contributed by atoms with van der Waals surface area (Å²) in [6, 6.07) is 3.05. The summed E-state index contributed by atoms with van der Waals surface area (Å²) in [7, 11) is 0. The van der Waals surface area contributed by atoms with Crippen LogP contribution in [0.2, 0.25) is 0 Å². The van der Waals surface area contributed by atoms with Gasteiger partial charge in [-0.15, -0.1) is 0 Å². The standard InChI is InChI=1S/C10H10F3NO/c11-10(12,13)6-1-2-9-7(5-6)8(14)3-4-15-9/h1-2,5,8H,3-4,14H2/t8-/m1/s1. The van der Waals surface area contributed by atoms with Crippen LogP contribution in [0.3, 0.4) is 0 Å². The van der Waals surface area contributed by atoms with Crippen LogP contribution >= 0.6 is 0 Å². The largest absolute Gasteiger partial charge is 0.493 e. The maximum atomic E-state index is 12.4. The summed E-state index contributed by atoms with van der Waals surface area (Å²) in [5, 5.41) is 0. The first-order valence-electron chi connectivity index (χ1n) is 4.58. The molecule has 1 atom stereocenters. The van der Waals surface area contributed by atoms with Gasteiger partial charge in [0, 0.05) is 18.0 Å². The number of hydrogen-bond acceptors (Lipinski definition) is 2. The summed E-state index contributed by atoms with van der Waals surface area (Å²) in [4.78, 5) is 0. The lowest BCUT2D eigenvalue weighted by Gasteiger charge is -2.23. The van der Waals surface area contributed by atoms with Crippen LogP contribution in [0.15, 0.2) is 18.2 Å². The van der Waals surface area contributed by atoms with Crippen molar-refractivity contribution in [1.82, 2.24) is 0 Å². The molecule has 0 fully saturated rings. The molecule has 0 unspecified atom stereocenters. The van der Waals surface area contributed by atoms with E-state index >= 15 is 0 Å². The van der Waals surface area contributed by atoms with E-state index in [2.05, 4.69) is 0 Å². The summed E-state index contributed by atoms with van der Waals surface area (Å²) in [5.74, 6) is 0.460. The molecule has 82 valence electrons. The second-order valence-corrected chi connectivity index (χ2v) is 3.49. The highest BCUT2D eigenvalue weighted by Gasteiger charge is 2.32. The van der Waals surface area contributed by atoms with Crippen LogP contribution in [0, 0.1) is 0 Å². The van der Waals surface area contributed by atoms with E-state index in [1.807, 2.05) is 0 Å². The van der Waals surface area contributed by atoms with Crippen LogP contribution in [0.4, 0.5) is 13.2 Å². The van der Waals surface area contributed by atoms with Crippen molar-refractivity contribution >= 4 is 0 Å². The van der Waals surface area contributed by atoms with Crippen LogP contribution < -0.4 is 10.5 Å². The van der Waals surface area contributed by atoms with E-state index in [4.69, 9.17) is 10.5 Å². The van der Waals surface area contributed by atoms with Crippen molar-refractivity contribution in [1.29, 1.82) is 0 Å². The number of nitrogens with two attached hydrogens (primary N) is 1. The van der Waals surface area contributed by atoms with Crippen molar-refractivity contribution in [3.05, 3.63) is 29.3 Å². The molecule has 5 heteroatoms. The molecule has 2 N–H and O–H groups in total. The number of alkyl halides is 3. The molecule has 2 nitrogen and oxygen atoms in total. The maximum absolute atomic E-state index is 12.4. The van der Waals surface area contributed by atoms with Gasteiger partial charge in [0.15, 0.2) is 0 Å². The number of hydrogen-bond donors (Lipinski definition) is 1. The lowest BCUT2D eigenvalue weighted by molar-refractivity contribution is -0.137. The second kappa shape index (κ2) is 3.41. The van der Waals surface area contributed by atoms with Crippen molar-refractivity contribution in [2.75, 3.05) is 6.61 Å². The quantitative estimate of drug-likeness (QED) is 0.724. The third kappa shape index (κ3) is 1.92. The molecule has 0 saturated carbocycles. The Kier molecular flexibility index (Phi) is 2.34. The van der Waals surface area contributed by atoms with Crippen molar-refractivity contribution in [2.45, 2.75) is 18.6 Å². The van der Waals surface area contributed by atoms with Gasteiger partial charge in [-0.25, -0.2) is 0 Å². The van der Waals surface area contributed by atoms with Crippen molar-refractivity contribution < 1.29 is 17.9 Å². The lowest BCUT2D eigenvalue weighted by atomic mass is 9.99. The number of halogens is 3. The smallest absolute Gasteiger partial charge is 0.416 e. The highest BCUT2D eigenvalue weighted by atomic mass is 19.4. The summed E-state index contributed by atoms with van der Waals surface area (Å²) < 4.78 is 42.4. The number of rotatable bonds is 0. The molecular formula is C10H10F3NO. The predicted molar refractivity (Wildman–Crippen MR) is 48.5 cm³/mol. The molecular weight excluding hydrogens is 207 g/mol. The maximum Gasteiger partial charge on any atom is 0.416 e. The summed E-state index contributed by atoms with van der Waals surface area (Å²) >= 11 is 0. The molecule has 0 bridgehead atoms. The minimum atomic E-state index is -4.33. The highest BCUT2D eigenvalue weighted by molar-refractivity contribution is 5.41. The Balaban J connectivity index is 2.44. The molecule has 0 saturated heterocycles. The highest BCUT2D eigenvalue weighted by Crippen LogP contribution is 2.36. The van der Waals surface area contributed by atoms with E-state index in [1.54, 1.807) is 0 Å². The van der Waals surface area contributed by atoms with E-state index in [0.29, 0.717) is 24.3 Å². The van der Waals surface area contributed by atoms with Crippen molar-refractivity contribution in [3.63, 3.8) is 0 Å². The van der Waals surface area contributed by atoms with E-state index in [0.717, 1.165) is 12.1 Å². The van der Waals surface area contributed by atoms with E-state index in [-0.39, 0.29) is 6.04 Å². The molecule has 0 amide bonds. The van der Waals surface area contributed by atoms with Gasteiger partial charge in [0.05, 0.1) is 12.2 Å². The molecule has 0 radical (unpaired) electrons. The Morgan fingerprint density at radius 1 is 1.33 bits per heavy atom. The van der Waals surface area contributed by atoms with Crippen LogP contribution in [0.1, 0.15) is 23.6 Å². The average Bonchev–Trinajstić information content (AvgIpc) is 2.16. The molecule has 2 rings (SSSR count). The Bertz CT molecular complexity index is 375. The summed E-state index contributed by atoms with van der Waals surface area (Å²) in [5.41, 5.74) is 5.47. The van der Waals surface area contributed by atoms with Crippen LogP contribution in [-0.2, 0) is 6.18 Å². The molecule has 0 spiro atoms. The first-order valence-corrected chi connectivity index (χ1v) is 4.58. The van der Waals surface area contributed by atoms with Gasteiger partial charge in [-0.3, -0.25) is 0 Å². The zero-order valence-electron chi connectivity index (χ0n) is 7.84. The predicted octanol–water partition coefficient (Wildman–Crippen LogP) is 2.49. The zero-order chi connectivity index (χ0) is 11.1. The first kappa shape index (κ1) is 10.3. The monoisotopic (exact) mass is 217 g/mol. The topological polar surface area (TPSA) is 35.2 Å². The molecule has 1 aliphatic heterocycles. The Morgan fingerprint density at radius 3 is 2.73 bits per heavy atom. The SMILES string of the molecule is N[C@@H]1CCOc2ccc(C(F)(F)F)cc21. The van der Waals surface area contributed by atoms with Gasteiger partial charge in [0.1, 0.15) is 5.75 Å². The van der Waals surface area contributed by atoms with Gasteiger partial charge < -0.3 is 10.5 Å². The Morgan fingerprint density at radius 2 is 2.07 bits per heavy atom. The number of fused-ring (bicyclic) bond motifs is 1. The van der Waals surface area contributed by atoms with Crippen molar-refractivity contribution in [2.24, 2.45) is 5.73 Å². The van der Waals surface area contributed by atoms with Crippen LogP contribution in [0.25, 0.3) is 0 Å². The van der Waals surface area contributed by atoms with Gasteiger partial charge in [0.25, 0.3) is 0 Å². The fourth-order valence-corrected chi connectivity index (χ4v) is 1.60. The van der Waals surface area contributed by atoms with Gasteiger partial charge in [0.2, 0.25) is 0 Å². The molecule has 1 aromatic rings. The minimum absolute atomic E-state index is 0.365. The molecule has 1 aliphatic rings. The number of benzene rings is 1. The van der Waals surface area contributed by atoms with Gasteiger partial charge in [-0.1, -0.05) is 0 Å². The van der Waals surface area contributed by atoms with Crippen LogP contribution in [0.5, 0.6) is 5.75 Å². The molecule has 0 aliphatic carbocycles. The van der Waals surface area contributed by atoms with Gasteiger partial charge in [-0.05, 0) is 18.2 Å². The molecule has 1 heterocycles. The lowest BCUT2D eigenvalue weighted by Crippen LogP contribution is -2.21. The van der Waals surface area contributed by atoms with Gasteiger partial charge >= 0.3 is 6.18 Å². The van der Waals surface area contributed by atoms with Crippen molar-refractivity contribution in [3.8, 4) is 5.75 Å². The van der Waals surface area contributed by atoms with Gasteiger partial charge in [-0.2, -0.15) is 13.2 Å². The van der Waals surface area contributed by atoms with E-state index in [1.165, 1.54) is 6.07 Å². The second-order valence-electron chi connectivity index (χ2n) is 3.49. The molecule has 15 heavy (non-hydrogen) atoms. The Hall–Kier alpha value is -1.23. The molecule has 1 aromatic carbocycles. The fraction of sp³-hybridized carbons (Fsp3) is 0.400. The third-order valence-corrected chi connectivity index (χ3v) is 2.42. The van der Waals surface area contributed by atoms with E-state index in [9.17, 15) is 13.2 Å².